The van der Waals surface area contributed by atoms with Crippen LogP contribution in [0.2, 0.25) is 0 Å². The maximum atomic E-state index is 5.40. The lowest BCUT2D eigenvalue weighted by molar-refractivity contribution is 0.506. The lowest BCUT2D eigenvalue weighted by atomic mass is 10.2. The first-order chi connectivity index (χ1) is 10.0. The molecule has 0 aliphatic heterocycles. The molecule has 4 heteroatoms. The topological polar surface area (TPSA) is 41.3 Å². The summed E-state index contributed by atoms with van der Waals surface area (Å²) in [5.74, 6) is 2.59. The van der Waals surface area contributed by atoms with Crippen LogP contribution in [0.4, 0.5) is 5.82 Å². The number of furan rings is 1. The van der Waals surface area contributed by atoms with E-state index >= 15 is 0 Å². The van der Waals surface area contributed by atoms with Crippen LogP contribution in [0.5, 0.6) is 0 Å². The molecule has 0 aliphatic rings. The molecule has 0 atom stereocenters. The van der Waals surface area contributed by atoms with Crippen LogP contribution in [0.15, 0.2) is 34.9 Å². The first kappa shape index (κ1) is 15.6. The summed E-state index contributed by atoms with van der Waals surface area (Å²) in [4.78, 5) is 6.72. The number of anilines is 1. The summed E-state index contributed by atoms with van der Waals surface area (Å²) < 4.78 is 5.40. The molecule has 2 heterocycles. The summed E-state index contributed by atoms with van der Waals surface area (Å²) in [7, 11) is 2.04. The number of aryl methyl sites for hydroxylation is 1. The normalized spacial score (nSPS) is 11.1. The highest BCUT2D eigenvalue weighted by molar-refractivity contribution is 5.42. The van der Waals surface area contributed by atoms with E-state index in [1.54, 1.807) is 6.26 Å². The maximum absolute atomic E-state index is 5.40. The molecule has 0 unspecified atom stereocenters. The zero-order valence-corrected chi connectivity index (χ0v) is 13.4. The Morgan fingerprint density at radius 3 is 2.81 bits per heavy atom. The van der Waals surface area contributed by atoms with Gasteiger partial charge >= 0.3 is 0 Å². The lowest BCUT2D eigenvalue weighted by Gasteiger charge is -2.18. The third-order valence-electron chi connectivity index (χ3n) is 3.25. The highest BCUT2D eigenvalue weighted by Gasteiger charge is 2.08. The van der Waals surface area contributed by atoms with Crippen LogP contribution in [0.3, 0.4) is 0 Å². The molecular weight excluding hydrogens is 262 g/mol. The van der Waals surface area contributed by atoms with Crippen LogP contribution in [0.25, 0.3) is 0 Å². The van der Waals surface area contributed by atoms with Crippen molar-refractivity contribution in [3.05, 3.63) is 47.5 Å². The minimum absolute atomic E-state index is 0.661. The fourth-order valence-corrected chi connectivity index (χ4v) is 2.24. The summed E-state index contributed by atoms with van der Waals surface area (Å²) in [5, 5.41) is 3.48. The zero-order valence-electron chi connectivity index (χ0n) is 13.4. The Morgan fingerprint density at radius 2 is 2.14 bits per heavy atom. The second kappa shape index (κ2) is 7.27. The quantitative estimate of drug-likeness (QED) is 0.848. The van der Waals surface area contributed by atoms with Gasteiger partial charge in [-0.05, 0) is 49.2 Å². The minimum atomic E-state index is 0.661. The van der Waals surface area contributed by atoms with E-state index in [1.165, 1.54) is 5.56 Å². The Balaban J connectivity index is 2.03. The number of aromatic nitrogens is 1. The molecule has 0 aromatic carbocycles. The van der Waals surface area contributed by atoms with Gasteiger partial charge in [-0.2, -0.15) is 0 Å². The maximum Gasteiger partial charge on any atom is 0.129 e. The number of rotatable bonds is 7. The fraction of sp³-hybridized carbons (Fsp3) is 0.471. The second-order valence-electron chi connectivity index (χ2n) is 5.94. The van der Waals surface area contributed by atoms with Gasteiger partial charge in [-0.15, -0.1) is 0 Å². The van der Waals surface area contributed by atoms with E-state index < -0.39 is 0 Å². The summed E-state index contributed by atoms with van der Waals surface area (Å²) in [6.45, 7) is 9.10. The van der Waals surface area contributed by atoms with E-state index in [2.05, 4.69) is 41.2 Å². The van der Waals surface area contributed by atoms with Crippen molar-refractivity contribution in [1.29, 1.82) is 0 Å². The largest absolute Gasteiger partial charge is 0.467 e. The third-order valence-corrected chi connectivity index (χ3v) is 3.25. The van der Waals surface area contributed by atoms with Gasteiger partial charge in [0.1, 0.15) is 11.6 Å². The average molecular weight is 287 g/mol. The molecule has 21 heavy (non-hydrogen) atoms. The molecule has 0 spiro atoms. The van der Waals surface area contributed by atoms with Crippen molar-refractivity contribution in [2.45, 2.75) is 33.9 Å². The molecule has 0 saturated carbocycles. The molecule has 4 nitrogen and oxygen atoms in total. The molecule has 2 rings (SSSR count). The zero-order chi connectivity index (χ0) is 15.2. The Kier molecular flexibility index (Phi) is 5.39. The van der Waals surface area contributed by atoms with Crippen molar-refractivity contribution in [2.75, 3.05) is 18.5 Å². The SMILES string of the molecule is Cc1cc(CNCC(C)C)cc(N(C)Cc2ccco2)n1. The third kappa shape index (κ3) is 4.90. The van der Waals surface area contributed by atoms with Gasteiger partial charge in [0.2, 0.25) is 0 Å². The number of hydrogen-bond donors (Lipinski definition) is 1. The predicted octanol–water partition coefficient (Wildman–Crippen LogP) is 3.37. The smallest absolute Gasteiger partial charge is 0.129 e. The van der Waals surface area contributed by atoms with Crippen molar-refractivity contribution in [1.82, 2.24) is 10.3 Å². The van der Waals surface area contributed by atoms with E-state index in [4.69, 9.17) is 4.42 Å². The molecule has 0 aliphatic carbocycles. The Bertz CT molecular complexity index is 549. The summed E-state index contributed by atoms with van der Waals surface area (Å²) in [6, 6.07) is 8.17. The number of pyridine rings is 1. The molecule has 2 aromatic heterocycles. The van der Waals surface area contributed by atoms with Gasteiger partial charge in [-0.3, -0.25) is 0 Å². The molecule has 114 valence electrons. The van der Waals surface area contributed by atoms with Gasteiger partial charge in [-0.1, -0.05) is 13.8 Å². The van der Waals surface area contributed by atoms with Crippen LogP contribution in [-0.4, -0.2) is 18.6 Å². The Hall–Kier alpha value is -1.81. The summed E-state index contributed by atoms with van der Waals surface area (Å²) >= 11 is 0. The monoisotopic (exact) mass is 287 g/mol. The average Bonchev–Trinajstić information content (AvgIpc) is 2.90. The highest BCUT2D eigenvalue weighted by atomic mass is 16.3. The van der Waals surface area contributed by atoms with E-state index in [0.29, 0.717) is 5.92 Å². The van der Waals surface area contributed by atoms with E-state index in [9.17, 15) is 0 Å². The van der Waals surface area contributed by atoms with E-state index in [0.717, 1.165) is 36.9 Å². The van der Waals surface area contributed by atoms with Crippen LogP contribution in [0.1, 0.15) is 30.9 Å². The number of hydrogen-bond acceptors (Lipinski definition) is 4. The molecule has 0 saturated heterocycles. The Labute approximate surface area is 127 Å². The van der Waals surface area contributed by atoms with E-state index in [-0.39, 0.29) is 0 Å². The first-order valence-electron chi connectivity index (χ1n) is 7.46. The molecule has 0 bridgehead atoms. The summed E-state index contributed by atoms with van der Waals surface area (Å²) in [6.07, 6.45) is 1.70. The van der Waals surface area contributed by atoms with Gasteiger partial charge < -0.3 is 14.6 Å². The second-order valence-corrected chi connectivity index (χ2v) is 5.94. The van der Waals surface area contributed by atoms with E-state index in [1.807, 2.05) is 26.1 Å². The van der Waals surface area contributed by atoms with Crippen LogP contribution >= 0.6 is 0 Å². The van der Waals surface area contributed by atoms with Crippen molar-refractivity contribution in [3.63, 3.8) is 0 Å². The van der Waals surface area contributed by atoms with Gasteiger partial charge in [0.15, 0.2) is 0 Å². The van der Waals surface area contributed by atoms with Crippen LogP contribution < -0.4 is 10.2 Å². The standard InChI is InChI=1S/C17H25N3O/c1-13(2)10-18-11-15-8-14(3)19-17(9-15)20(4)12-16-6-5-7-21-16/h5-9,13,18H,10-12H2,1-4H3. The summed E-state index contributed by atoms with van der Waals surface area (Å²) in [5.41, 5.74) is 2.31. The molecule has 0 radical (unpaired) electrons. The van der Waals surface area contributed by atoms with Crippen molar-refractivity contribution in [2.24, 2.45) is 5.92 Å². The molecule has 0 amide bonds. The van der Waals surface area contributed by atoms with Crippen molar-refractivity contribution >= 4 is 5.82 Å². The van der Waals surface area contributed by atoms with Crippen LogP contribution in [-0.2, 0) is 13.1 Å². The minimum Gasteiger partial charge on any atom is -0.467 e. The Morgan fingerprint density at radius 1 is 1.33 bits per heavy atom. The molecular formula is C17H25N3O. The van der Waals surface area contributed by atoms with Crippen molar-refractivity contribution in [3.8, 4) is 0 Å². The van der Waals surface area contributed by atoms with Gasteiger partial charge in [0.05, 0.1) is 12.8 Å². The number of nitrogens with one attached hydrogen (secondary N) is 1. The molecule has 1 N–H and O–H groups in total. The highest BCUT2D eigenvalue weighted by Crippen LogP contribution is 2.16. The van der Waals surface area contributed by atoms with Gasteiger partial charge in [-0.25, -0.2) is 4.98 Å². The molecule has 2 aromatic rings. The number of nitrogens with zero attached hydrogens (tertiary/aromatic N) is 2. The first-order valence-corrected chi connectivity index (χ1v) is 7.46. The lowest BCUT2D eigenvalue weighted by Crippen LogP contribution is -2.21. The van der Waals surface area contributed by atoms with Crippen LogP contribution in [0, 0.1) is 12.8 Å². The predicted molar refractivity (Wildman–Crippen MR) is 86.3 cm³/mol. The molecule has 0 fully saturated rings. The van der Waals surface area contributed by atoms with Gasteiger partial charge in [0, 0.05) is 19.3 Å². The fourth-order valence-electron chi connectivity index (χ4n) is 2.24. The van der Waals surface area contributed by atoms with Gasteiger partial charge in [0.25, 0.3) is 0 Å². The van der Waals surface area contributed by atoms with Crippen molar-refractivity contribution < 1.29 is 4.42 Å².